The summed E-state index contributed by atoms with van der Waals surface area (Å²) in [5, 5.41) is 3.66. The molecule has 2 heterocycles. The fourth-order valence-corrected chi connectivity index (χ4v) is 2.91. The highest BCUT2D eigenvalue weighted by atomic mass is 35.5. The Hall–Kier alpha value is -3.51. The lowest BCUT2D eigenvalue weighted by Gasteiger charge is -2.08. The lowest BCUT2D eigenvalue weighted by atomic mass is 10.1. The summed E-state index contributed by atoms with van der Waals surface area (Å²) in [4.78, 5) is 24.4. The molecule has 6 nitrogen and oxygen atoms in total. The number of hydrogen-bond acceptors (Lipinski definition) is 5. The third-order valence-electron chi connectivity index (χ3n) is 4.24. The summed E-state index contributed by atoms with van der Waals surface area (Å²) in [5.74, 6) is 1.20. The third-order valence-corrected chi connectivity index (χ3v) is 4.49. The Morgan fingerprint density at radius 3 is 2.66 bits per heavy atom. The third kappa shape index (κ3) is 4.50. The molecule has 0 unspecified atom stereocenters. The van der Waals surface area contributed by atoms with Crippen LogP contribution in [-0.2, 0) is 11.3 Å². The highest BCUT2D eigenvalue weighted by Crippen LogP contribution is 2.25. The number of amides is 1. The molecule has 0 atom stereocenters. The van der Waals surface area contributed by atoms with Crippen LogP contribution in [-0.4, -0.2) is 12.5 Å². The summed E-state index contributed by atoms with van der Waals surface area (Å²) in [6.07, 6.45) is 1.54. The zero-order valence-electron chi connectivity index (χ0n) is 15.2. The fraction of sp³-hybridized carbons (Fsp3) is 0.0909. The van der Waals surface area contributed by atoms with Crippen molar-refractivity contribution in [1.29, 1.82) is 0 Å². The summed E-state index contributed by atoms with van der Waals surface area (Å²) in [6, 6.07) is 16.8. The number of fused-ring (bicyclic) bond motifs is 1. The minimum absolute atomic E-state index is 0.180. The second kappa shape index (κ2) is 8.24. The van der Waals surface area contributed by atoms with Crippen LogP contribution < -0.4 is 15.5 Å². The summed E-state index contributed by atoms with van der Waals surface area (Å²) >= 11 is 5.90. The van der Waals surface area contributed by atoms with Crippen molar-refractivity contribution in [2.45, 2.75) is 6.54 Å². The minimum Gasteiger partial charge on any atom is -0.484 e. The van der Waals surface area contributed by atoms with E-state index in [4.69, 9.17) is 25.2 Å². The van der Waals surface area contributed by atoms with Gasteiger partial charge in [0.15, 0.2) is 12.0 Å². The van der Waals surface area contributed by atoms with Crippen molar-refractivity contribution in [2.75, 3.05) is 6.61 Å². The van der Waals surface area contributed by atoms with Gasteiger partial charge in [0, 0.05) is 16.7 Å². The molecule has 29 heavy (non-hydrogen) atoms. The molecule has 1 amide bonds. The maximum atomic E-state index is 12.5. The maximum Gasteiger partial charge on any atom is 0.258 e. The molecular weight excluding hydrogens is 394 g/mol. The van der Waals surface area contributed by atoms with Gasteiger partial charge < -0.3 is 18.9 Å². The van der Waals surface area contributed by atoms with E-state index in [0.29, 0.717) is 33.3 Å². The monoisotopic (exact) mass is 409 g/mol. The second-order valence-electron chi connectivity index (χ2n) is 6.28. The predicted molar refractivity (Wildman–Crippen MR) is 109 cm³/mol. The van der Waals surface area contributed by atoms with Crippen molar-refractivity contribution in [2.24, 2.45) is 0 Å². The van der Waals surface area contributed by atoms with Gasteiger partial charge >= 0.3 is 0 Å². The van der Waals surface area contributed by atoms with Crippen molar-refractivity contribution < 1.29 is 18.4 Å². The molecule has 0 aliphatic rings. The first kappa shape index (κ1) is 18.8. The molecule has 0 radical (unpaired) electrons. The van der Waals surface area contributed by atoms with Crippen LogP contribution in [0.1, 0.15) is 5.76 Å². The minimum atomic E-state index is -0.299. The Morgan fingerprint density at radius 1 is 1.07 bits per heavy atom. The van der Waals surface area contributed by atoms with Crippen LogP contribution in [0, 0.1) is 0 Å². The zero-order valence-corrected chi connectivity index (χ0v) is 15.9. The number of hydrogen-bond donors (Lipinski definition) is 1. The van der Waals surface area contributed by atoms with Gasteiger partial charge in [-0.05, 0) is 54.6 Å². The first-order valence-electron chi connectivity index (χ1n) is 8.84. The number of rotatable bonds is 6. The van der Waals surface area contributed by atoms with Gasteiger partial charge in [-0.3, -0.25) is 9.59 Å². The number of carbonyl (C=O) groups is 1. The van der Waals surface area contributed by atoms with Gasteiger partial charge in [0.2, 0.25) is 0 Å². The van der Waals surface area contributed by atoms with E-state index in [1.165, 1.54) is 12.3 Å². The van der Waals surface area contributed by atoms with E-state index >= 15 is 0 Å². The molecule has 2 aromatic heterocycles. The van der Waals surface area contributed by atoms with Crippen LogP contribution in [0.2, 0.25) is 5.02 Å². The Balaban J connectivity index is 1.47. The van der Waals surface area contributed by atoms with E-state index in [1.807, 2.05) is 0 Å². The summed E-state index contributed by atoms with van der Waals surface area (Å²) in [6.45, 7) is 0.102. The van der Waals surface area contributed by atoms with Gasteiger partial charge in [0.05, 0.1) is 18.2 Å². The van der Waals surface area contributed by atoms with E-state index in [0.717, 1.165) is 5.56 Å². The van der Waals surface area contributed by atoms with Crippen LogP contribution in [0.25, 0.3) is 22.3 Å². The summed E-state index contributed by atoms with van der Waals surface area (Å²) in [7, 11) is 0. The fourth-order valence-electron chi connectivity index (χ4n) is 2.78. The topological polar surface area (TPSA) is 81.7 Å². The van der Waals surface area contributed by atoms with Gasteiger partial charge in [0.25, 0.3) is 5.91 Å². The van der Waals surface area contributed by atoms with Crippen molar-refractivity contribution in [3.05, 3.63) is 87.9 Å². The van der Waals surface area contributed by atoms with Crippen LogP contribution >= 0.6 is 11.6 Å². The van der Waals surface area contributed by atoms with Crippen molar-refractivity contribution in [1.82, 2.24) is 5.32 Å². The van der Waals surface area contributed by atoms with Crippen LogP contribution in [0.3, 0.4) is 0 Å². The molecule has 7 heteroatoms. The Bertz CT molecular complexity index is 1200. The van der Waals surface area contributed by atoms with E-state index < -0.39 is 0 Å². The molecular formula is C22H16ClNO5. The molecule has 0 saturated heterocycles. The normalized spacial score (nSPS) is 10.8. The van der Waals surface area contributed by atoms with Crippen molar-refractivity contribution >= 4 is 28.5 Å². The van der Waals surface area contributed by atoms with Gasteiger partial charge in [-0.2, -0.15) is 0 Å². The van der Waals surface area contributed by atoms with Crippen LogP contribution in [0.5, 0.6) is 5.75 Å². The molecule has 2 aromatic carbocycles. The van der Waals surface area contributed by atoms with Crippen LogP contribution in [0.4, 0.5) is 0 Å². The zero-order chi connectivity index (χ0) is 20.2. The predicted octanol–water partition coefficient (Wildman–Crippen LogP) is 4.40. The molecule has 0 aliphatic heterocycles. The van der Waals surface area contributed by atoms with Gasteiger partial charge in [-0.25, -0.2) is 0 Å². The molecule has 146 valence electrons. The van der Waals surface area contributed by atoms with E-state index in [1.54, 1.807) is 54.6 Å². The van der Waals surface area contributed by atoms with Crippen molar-refractivity contribution in [3.8, 4) is 17.1 Å². The molecule has 1 N–H and O–H groups in total. The first-order chi connectivity index (χ1) is 14.1. The summed E-state index contributed by atoms with van der Waals surface area (Å²) < 4.78 is 16.5. The lowest BCUT2D eigenvalue weighted by Crippen LogP contribution is -2.28. The Labute approximate surface area is 170 Å². The standard InChI is InChI=1S/C22H16ClNO5/c23-15-5-3-14(4-6-15)21-11-19(25)18-10-16(7-8-20(18)29-21)28-13-22(26)24-12-17-2-1-9-27-17/h1-11H,12-13H2,(H,24,26). The SMILES string of the molecule is O=C(COc1ccc2oc(-c3ccc(Cl)cc3)cc(=O)c2c1)NCc1ccco1. The molecule has 0 aliphatic carbocycles. The average molecular weight is 410 g/mol. The molecule has 4 rings (SSSR count). The van der Waals surface area contributed by atoms with Gasteiger partial charge in [0.1, 0.15) is 22.9 Å². The van der Waals surface area contributed by atoms with E-state index in [2.05, 4.69) is 5.32 Å². The van der Waals surface area contributed by atoms with E-state index in [-0.39, 0.29) is 24.5 Å². The average Bonchev–Trinajstić information content (AvgIpc) is 3.25. The molecule has 0 fully saturated rings. The molecule has 0 bridgehead atoms. The number of furan rings is 1. The molecule has 0 saturated carbocycles. The second-order valence-corrected chi connectivity index (χ2v) is 6.72. The molecule has 4 aromatic rings. The number of halogens is 1. The number of benzene rings is 2. The van der Waals surface area contributed by atoms with Gasteiger partial charge in [-0.1, -0.05) is 11.6 Å². The number of ether oxygens (including phenoxy) is 1. The lowest BCUT2D eigenvalue weighted by molar-refractivity contribution is -0.123. The quantitative estimate of drug-likeness (QED) is 0.510. The summed E-state index contributed by atoms with van der Waals surface area (Å²) in [5.41, 5.74) is 0.975. The smallest absolute Gasteiger partial charge is 0.258 e. The first-order valence-corrected chi connectivity index (χ1v) is 9.22. The molecule has 0 spiro atoms. The van der Waals surface area contributed by atoms with E-state index in [9.17, 15) is 9.59 Å². The Kier molecular flexibility index (Phi) is 5.35. The van der Waals surface area contributed by atoms with Crippen LogP contribution in [0.15, 0.2) is 80.6 Å². The van der Waals surface area contributed by atoms with Crippen molar-refractivity contribution in [3.63, 3.8) is 0 Å². The Morgan fingerprint density at radius 2 is 1.90 bits per heavy atom. The highest BCUT2D eigenvalue weighted by Gasteiger charge is 2.10. The largest absolute Gasteiger partial charge is 0.484 e. The van der Waals surface area contributed by atoms with Gasteiger partial charge in [-0.15, -0.1) is 0 Å². The number of carbonyl (C=O) groups excluding carboxylic acids is 1. The maximum absolute atomic E-state index is 12.5. The highest BCUT2D eigenvalue weighted by molar-refractivity contribution is 6.30. The number of nitrogens with one attached hydrogen (secondary N) is 1.